The normalized spacial score (nSPS) is 22.9. The Kier molecular flexibility index (Phi) is 3.76. The van der Waals surface area contributed by atoms with E-state index in [-0.39, 0.29) is 17.7 Å². The number of hydrogen-bond acceptors (Lipinski definition) is 3. The quantitative estimate of drug-likeness (QED) is 0.912. The van der Waals surface area contributed by atoms with Crippen LogP contribution in [0.15, 0.2) is 48.5 Å². The molecule has 2 aromatic carbocycles. The number of aromatic hydroxyl groups is 1. The number of hydrogen-bond donors (Lipinski definition) is 2. The maximum Gasteiger partial charge on any atom is 0.230 e. The average Bonchev–Trinajstić information content (AvgIpc) is 2.77. The lowest BCUT2D eigenvalue weighted by Crippen LogP contribution is -2.52. The number of phenols is 1. The molecule has 4 nitrogen and oxygen atoms in total. The summed E-state index contributed by atoms with van der Waals surface area (Å²) in [4.78, 5) is 14.8. The summed E-state index contributed by atoms with van der Waals surface area (Å²) in [7, 11) is 0. The number of likely N-dealkylation sites (N-methyl/N-ethyl adjacent to an activating group) is 1. The maximum absolute atomic E-state index is 12.6. The minimum Gasteiger partial charge on any atom is -0.508 e. The second-order valence-electron chi connectivity index (χ2n) is 6.16. The van der Waals surface area contributed by atoms with Gasteiger partial charge >= 0.3 is 0 Å². The predicted octanol–water partition coefficient (Wildman–Crippen LogP) is 2.59. The Morgan fingerprint density at radius 3 is 2.57 bits per heavy atom. The predicted molar refractivity (Wildman–Crippen MR) is 91.6 cm³/mol. The fourth-order valence-corrected chi connectivity index (χ4v) is 3.86. The molecule has 2 unspecified atom stereocenters. The smallest absolute Gasteiger partial charge is 0.230 e. The molecule has 0 fully saturated rings. The fraction of sp³-hybridized carbons (Fsp3) is 0.316. The van der Waals surface area contributed by atoms with Crippen LogP contribution >= 0.6 is 0 Å². The van der Waals surface area contributed by atoms with Crippen LogP contribution in [-0.2, 0) is 16.6 Å². The van der Waals surface area contributed by atoms with Gasteiger partial charge in [-0.2, -0.15) is 0 Å². The average molecular weight is 310 g/mol. The molecular weight excluding hydrogens is 288 g/mol. The van der Waals surface area contributed by atoms with Gasteiger partial charge < -0.3 is 15.7 Å². The minimum atomic E-state index is -0.842. The lowest BCUT2D eigenvalue weighted by Gasteiger charge is -2.34. The van der Waals surface area contributed by atoms with Crippen molar-refractivity contribution in [3.8, 4) is 5.75 Å². The molecule has 0 radical (unpaired) electrons. The number of nitrogens with zero attached hydrogens (tertiary/aromatic N) is 1. The highest BCUT2D eigenvalue weighted by atomic mass is 16.3. The summed E-state index contributed by atoms with van der Waals surface area (Å²) in [5.74, 6) is -0.191. The van der Waals surface area contributed by atoms with Crippen LogP contribution < -0.4 is 10.6 Å². The van der Waals surface area contributed by atoms with Gasteiger partial charge in [-0.15, -0.1) is 0 Å². The Balaban J connectivity index is 2.20. The zero-order chi connectivity index (χ0) is 16.6. The Bertz CT molecular complexity index is 729. The van der Waals surface area contributed by atoms with E-state index in [0.717, 1.165) is 23.4 Å². The highest BCUT2D eigenvalue weighted by molar-refractivity contribution is 5.93. The monoisotopic (exact) mass is 310 g/mol. The molecule has 2 atom stereocenters. The van der Waals surface area contributed by atoms with Gasteiger partial charge in [-0.05, 0) is 49.6 Å². The van der Waals surface area contributed by atoms with E-state index in [1.165, 1.54) is 0 Å². The number of anilines is 1. The van der Waals surface area contributed by atoms with Crippen molar-refractivity contribution < 1.29 is 9.90 Å². The number of nitrogens with two attached hydrogens (primary N) is 1. The molecule has 120 valence electrons. The topological polar surface area (TPSA) is 66.6 Å². The molecule has 23 heavy (non-hydrogen) atoms. The van der Waals surface area contributed by atoms with Crippen molar-refractivity contribution in [2.75, 3.05) is 11.4 Å². The molecule has 0 bridgehead atoms. The van der Waals surface area contributed by atoms with Gasteiger partial charge in [-0.1, -0.05) is 30.3 Å². The van der Waals surface area contributed by atoms with Gasteiger partial charge in [0.25, 0.3) is 0 Å². The largest absolute Gasteiger partial charge is 0.508 e. The van der Waals surface area contributed by atoms with Crippen molar-refractivity contribution in [1.29, 1.82) is 0 Å². The summed E-state index contributed by atoms with van der Waals surface area (Å²) in [5.41, 5.74) is 7.93. The molecule has 0 spiro atoms. The molecule has 1 aliphatic rings. The molecule has 1 aliphatic heterocycles. The molecule has 3 rings (SSSR count). The summed E-state index contributed by atoms with van der Waals surface area (Å²) in [6, 6.07) is 15.1. The van der Waals surface area contributed by atoms with Crippen molar-refractivity contribution in [3.05, 3.63) is 59.7 Å². The number of amides is 1. The van der Waals surface area contributed by atoms with Crippen molar-refractivity contribution in [3.63, 3.8) is 0 Å². The van der Waals surface area contributed by atoms with Crippen molar-refractivity contribution in [2.45, 2.75) is 31.7 Å². The highest BCUT2D eigenvalue weighted by Crippen LogP contribution is 2.48. The van der Waals surface area contributed by atoms with Crippen LogP contribution in [-0.4, -0.2) is 23.6 Å². The molecule has 0 aliphatic carbocycles. The highest BCUT2D eigenvalue weighted by Gasteiger charge is 2.52. The van der Waals surface area contributed by atoms with Crippen LogP contribution in [0.3, 0.4) is 0 Å². The van der Waals surface area contributed by atoms with Crippen LogP contribution in [0.5, 0.6) is 5.75 Å². The molecule has 0 saturated heterocycles. The third kappa shape index (κ3) is 2.25. The van der Waals surface area contributed by atoms with E-state index < -0.39 is 5.41 Å². The zero-order valence-electron chi connectivity index (χ0n) is 13.5. The Labute approximate surface area is 136 Å². The van der Waals surface area contributed by atoms with Crippen LogP contribution in [0.25, 0.3) is 0 Å². The van der Waals surface area contributed by atoms with E-state index in [1.54, 1.807) is 12.1 Å². The van der Waals surface area contributed by atoms with Gasteiger partial charge in [0, 0.05) is 18.3 Å². The summed E-state index contributed by atoms with van der Waals surface area (Å²) < 4.78 is 0. The second-order valence-corrected chi connectivity index (χ2v) is 6.16. The molecular formula is C19H22N2O2. The van der Waals surface area contributed by atoms with Gasteiger partial charge in [0.1, 0.15) is 5.75 Å². The number of primary amides is 1. The SMILES string of the molecule is CCN1c2ccc(O)cc2C(Cc2ccccc2)(C(N)=O)C1C. The summed E-state index contributed by atoms with van der Waals surface area (Å²) >= 11 is 0. The lowest BCUT2D eigenvalue weighted by molar-refractivity contribution is -0.123. The molecule has 3 N–H and O–H groups in total. The first-order chi connectivity index (χ1) is 11.0. The van der Waals surface area contributed by atoms with Crippen LogP contribution in [0, 0.1) is 0 Å². The number of phenolic OH excluding ortho intramolecular Hbond substituents is 1. The Hall–Kier alpha value is -2.49. The molecule has 1 heterocycles. The number of rotatable bonds is 4. The minimum absolute atomic E-state index is 0.0676. The van der Waals surface area contributed by atoms with E-state index in [4.69, 9.17) is 5.73 Å². The second kappa shape index (κ2) is 5.61. The van der Waals surface area contributed by atoms with Gasteiger partial charge in [0.15, 0.2) is 0 Å². The number of benzene rings is 2. The van der Waals surface area contributed by atoms with Gasteiger partial charge in [-0.25, -0.2) is 0 Å². The first-order valence-corrected chi connectivity index (χ1v) is 7.94. The third-order valence-electron chi connectivity index (χ3n) is 5.06. The van der Waals surface area contributed by atoms with E-state index in [0.29, 0.717) is 6.42 Å². The third-order valence-corrected chi connectivity index (χ3v) is 5.06. The first-order valence-electron chi connectivity index (χ1n) is 7.94. The van der Waals surface area contributed by atoms with E-state index in [1.807, 2.05) is 43.3 Å². The van der Waals surface area contributed by atoms with Crippen LogP contribution in [0.4, 0.5) is 5.69 Å². The van der Waals surface area contributed by atoms with Crippen LogP contribution in [0.1, 0.15) is 25.0 Å². The number of carbonyl (C=O) groups is 1. The van der Waals surface area contributed by atoms with Gasteiger partial charge in [0.05, 0.1) is 5.41 Å². The molecule has 0 aromatic heterocycles. The first kappa shape index (κ1) is 15.4. The summed E-state index contributed by atoms with van der Waals surface area (Å²) in [6.45, 7) is 4.88. The number of fused-ring (bicyclic) bond motifs is 1. The van der Waals surface area contributed by atoms with E-state index in [2.05, 4.69) is 11.8 Å². The van der Waals surface area contributed by atoms with Crippen molar-refractivity contribution in [2.24, 2.45) is 5.73 Å². The van der Waals surface area contributed by atoms with Crippen LogP contribution in [0.2, 0.25) is 0 Å². The standard InChI is InChI=1S/C19H22N2O2/c1-3-21-13(2)19(18(20)23,12-14-7-5-4-6-8-14)16-11-15(22)9-10-17(16)21/h4-11,13,22H,3,12H2,1-2H3,(H2,20,23). The molecule has 1 amide bonds. The number of carbonyl (C=O) groups excluding carboxylic acids is 1. The lowest BCUT2D eigenvalue weighted by atomic mass is 9.72. The molecule has 2 aromatic rings. The van der Waals surface area contributed by atoms with Gasteiger partial charge in [0.2, 0.25) is 5.91 Å². The Morgan fingerprint density at radius 2 is 1.96 bits per heavy atom. The Morgan fingerprint density at radius 1 is 1.26 bits per heavy atom. The van der Waals surface area contributed by atoms with Gasteiger partial charge in [-0.3, -0.25) is 4.79 Å². The van der Waals surface area contributed by atoms with E-state index >= 15 is 0 Å². The summed E-state index contributed by atoms with van der Waals surface area (Å²) in [6.07, 6.45) is 0.525. The zero-order valence-corrected chi connectivity index (χ0v) is 13.5. The molecule has 0 saturated carbocycles. The summed E-state index contributed by atoms with van der Waals surface area (Å²) in [5, 5.41) is 9.95. The van der Waals surface area contributed by atoms with E-state index in [9.17, 15) is 9.90 Å². The maximum atomic E-state index is 12.6. The van der Waals surface area contributed by atoms with Crippen molar-refractivity contribution >= 4 is 11.6 Å². The molecule has 4 heteroatoms. The van der Waals surface area contributed by atoms with Crippen molar-refractivity contribution in [1.82, 2.24) is 0 Å². The fourth-order valence-electron chi connectivity index (χ4n) is 3.86.